The van der Waals surface area contributed by atoms with Gasteiger partial charge in [0.05, 0.1) is 0 Å². The number of hydrogen-bond acceptors (Lipinski definition) is 5. The molecule has 1 heterocycles. The molecule has 3 N–H and O–H groups in total. The summed E-state index contributed by atoms with van der Waals surface area (Å²) in [6, 6.07) is 5.80. The Morgan fingerprint density at radius 3 is 2.75 bits per heavy atom. The Morgan fingerprint density at radius 2 is 2.10 bits per heavy atom. The SMILES string of the molecule is CSc1nnc(N)n1CC(=O)Nc1ccc(C)c(C)c1. The number of amides is 1. The summed E-state index contributed by atoms with van der Waals surface area (Å²) < 4.78 is 1.58. The summed E-state index contributed by atoms with van der Waals surface area (Å²) in [4.78, 5) is 12.0. The molecule has 0 spiro atoms. The Kier molecular flexibility index (Phi) is 4.29. The van der Waals surface area contributed by atoms with Crippen LogP contribution in [0.1, 0.15) is 11.1 Å². The third-order valence-electron chi connectivity index (χ3n) is 3.02. The van der Waals surface area contributed by atoms with Crippen molar-refractivity contribution in [2.24, 2.45) is 0 Å². The number of nitrogens with zero attached hydrogens (tertiary/aromatic N) is 3. The van der Waals surface area contributed by atoms with Gasteiger partial charge in [0.25, 0.3) is 0 Å². The van der Waals surface area contributed by atoms with E-state index < -0.39 is 0 Å². The first-order valence-corrected chi connectivity index (χ1v) is 7.33. The Hall–Kier alpha value is -2.02. The second-order valence-corrected chi connectivity index (χ2v) is 5.25. The molecule has 106 valence electrons. The summed E-state index contributed by atoms with van der Waals surface area (Å²) in [6.07, 6.45) is 1.86. The van der Waals surface area contributed by atoms with Gasteiger partial charge < -0.3 is 11.1 Å². The minimum Gasteiger partial charge on any atom is -0.368 e. The smallest absolute Gasteiger partial charge is 0.244 e. The van der Waals surface area contributed by atoms with Gasteiger partial charge in [-0.05, 0) is 43.4 Å². The van der Waals surface area contributed by atoms with Crippen LogP contribution in [0.2, 0.25) is 0 Å². The summed E-state index contributed by atoms with van der Waals surface area (Å²) in [5.74, 6) is 0.0830. The average Bonchev–Trinajstić information content (AvgIpc) is 2.75. The van der Waals surface area contributed by atoms with Gasteiger partial charge in [-0.15, -0.1) is 10.2 Å². The number of rotatable bonds is 4. The molecule has 0 aliphatic rings. The molecule has 0 aliphatic heterocycles. The number of benzene rings is 1. The molecule has 6 nitrogen and oxygen atoms in total. The van der Waals surface area contributed by atoms with E-state index in [1.165, 1.54) is 17.3 Å². The number of carbonyl (C=O) groups excluding carboxylic acids is 1. The predicted molar refractivity (Wildman–Crippen MR) is 80.8 cm³/mol. The van der Waals surface area contributed by atoms with Gasteiger partial charge in [0.15, 0.2) is 5.16 Å². The van der Waals surface area contributed by atoms with Crippen molar-refractivity contribution in [2.45, 2.75) is 25.5 Å². The van der Waals surface area contributed by atoms with Crippen molar-refractivity contribution in [3.8, 4) is 0 Å². The summed E-state index contributed by atoms with van der Waals surface area (Å²) in [6.45, 7) is 4.14. The van der Waals surface area contributed by atoms with E-state index in [9.17, 15) is 4.79 Å². The lowest BCUT2D eigenvalue weighted by Gasteiger charge is -2.09. The fraction of sp³-hybridized carbons (Fsp3) is 0.308. The Labute approximate surface area is 121 Å². The third kappa shape index (κ3) is 3.11. The van der Waals surface area contributed by atoms with Crippen molar-refractivity contribution in [1.82, 2.24) is 14.8 Å². The third-order valence-corrected chi connectivity index (χ3v) is 3.69. The second-order valence-electron chi connectivity index (χ2n) is 4.48. The number of aromatic nitrogens is 3. The molecule has 0 unspecified atom stereocenters. The quantitative estimate of drug-likeness (QED) is 0.839. The molecule has 1 amide bonds. The van der Waals surface area contributed by atoms with Crippen LogP contribution in [0.5, 0.6) is 0 Å². The predicted octanol–water partition coefficient (Wildman–Crippen LogP) is 1.84. The average molecular weight is 291 g/mol. The molecule has 2 rings (SSSR count). The molecule has 0 aliphatic carbocycles. The highest BCUT2D eigenvalue weighted by Gasteiger charge is 2.12. The van der Waals surface area contributed by atoms with Crippen LogP contribution in [-0.2, 0) is 11.3 Å². The van der Waals surface area contributed by atoms with Crippen LogP contribution in [0, 0.1) is 13.8 Å². The zero-order valence-electron chi connectivity index (χ0n) is 11.7. The van der Waals surface area contributed by atoms with Crippen LogP contribution < -0.4 is 11.1 Å². The number of aryl methyl sites for hydroxylation is 2. The first-order chi connectivity index (χ1) is 9.51. The van der Waals surface area contributed by atoms with Crippen LogP contribution in [0.4, 0.5) is 11.6 Å². The molecule has 2 aromatic rings. The van der Waals surface area contributed by atoms with Crippen molar-refractivity contribution >= 4 is 29.3 Å². The van der Waals surface area contributed by atoms with Gasteiger partial charge in [-0.2, -0.15) is 0 Å². The molecule has 0 saturated carbocycles. The van der Waals surface area contributed by atoms with Gasteiger partial charge in [-0.1, -0.05) is 17.8 Å². The number of carbonyl (C=O) groups is 1. The normalized spacial score (nSPS) is 10.6. The largest absolute Gasteiger partial charge is 0.368 e. The topological polar surface area (TPSA) is 85.8 Å². The summed E-state index contributed by atoms with van der Waals surface area (Å²) in [7, 11) is 0. The van der Waals surface area contributed by atoms with E-state index in [1.807, 2.05) is 38.3 Å². The molecule has 20 heavy (non-hydrogen) atoms. The molecule has 0 radical (unpaired) electrons. The van der Waals surface area contributed by atoms with Gasteiger partial charge in [-0.25, -0.2) is 0 Å². The molecule has 7 heteroatoms. The summed E-state index contributed by atoms with van der Waals surface area (Å²) >= 11 is 1.40. The molecule has 1 aromatic heterocycles. The lowest BCUT2D eigenvalue weighted by Crippen LogP contribution is -2.20. The van der Waals surface area contributed by atoms with Crippen LogP contribution >= 0.6 is 11.8 Å². The van der Waals surface area contributed by atoms with E-state index in [1.54, 1.807) is 4.57 Å². The molecule has 0 atom stereocenters. The van der Waals surface area contributed by atoms with E-state index in [0.29, 0.717) is 5.16 Å². The van der Waals surface area contributed by atoms with E-state index in [4.69, 9.17) is 5.73 Å². The van der Waals surface area contributed by atoms with Gasteiger partial charge in [0, 0.05) is 5.69 Å². The monoisotopic (exact) mass is 291 g/mol. The second kappa shape index (κ2) is 5.96. The zero-order valence-corrected chi connectivity index (χ0v) is 12.5. The van der Waals surface area contributed by atoms with Crippen molar-refractivity contribution in [2.75, 3.05) is 17.3 Å². The van der Waals surface area contributed by atoms with Gasteiger partial charge >= 0.3 is 0 Å². The van der Waals surface area contributed by atoms with Gasteiger partial charge in [0.2, 0.25) is 11.9 Å². The van der Waals surface area contributed by atoms with Crippen LogP contribution in [0.15, 0.2) is 23.4 Å². The minimum atomic E-state index is -0.157. The molecule has 0 saturated heterocycles. The number of hydrogen-bond donors (Lipinski definition) is 2. The fourth-order valence-corrected chi connectivity index (χ4v) is 2.26. The van der Waals surface area contributed by atoms with Crippen LogP contribution in [-0.4, -0.2) is 26.9 Å². The lowest BCUT2D eigenvalue weighted by atomic mass is 10.1. The molecule has 1 aromatic carbocycles. The van der Waals surface area contributed by atoms with Crippen molar-refractivity contribution in [3.63, 3.8) is 0 Å². The summed E-state index contributed by atoms with van der Waals surface area (Å²) in [5.41, 5.74) is 8.80. The highest BCUT2D eigenvalue weighted by molar-refractivity contribution is 7.98. The van der Waals surface area contributed by atoms with Crippen molar-refractivity contribution in [3.05, 3.63) is 29.3 Å². The first kappa shape index (κ1) is 14.4. The number of anilines is 2. The van der Waals surface area contributed by atoms with Crippen molar-refractivity contribution in [1.29, 1.82) is 0 Å². The molecular formula is C13H17N5OS. The standard InChI is InChI=1S/C13H17N5OS/c1-8-4-5-10(6-9(8)2)15-11(19)7-18-12(14)16-17-13(18)20-3/h4-6H,7H2,1-3H3,(H2,14,16)(H,15,19). The highest BCUT2D eigenvalue weighted by Crippen LogP contribution is 2.16. The maximum Gasteiger partial charge on any atom is 0.244 e. The zero-order chi connectivity index (χ0) is 14.7. The van der Waals surface area contributed by atoms with E-state index >= 15 is 0 Å². The Morgan fingerprint density at radius 1 is 1.35 bits per heavy atom. The minimum absolute atomic E-state index is 0.0991. The summed E-state index contributed by atoms with van der Waals surface area (Å²) in [5, 5.41) is 11.1. The maximum absolute atomic E-state index is 12.0. The van der Waals surface area contributed by atoms with Gasteiger partial charge in [-0.3, -0.25) is 9.36 Å². The first-order valence-electron chi connectivity index (χ1n) is 6.11. The van der Waals surface area contributed by atoms with Crippen LogP contribution in [0.3, 0.4) is 0 Å². The van der Waals surface area contributed by atoms with E-state index in [0.717, 1.165) is 11.3 Å². The fourth-order valence-electron chi connectivity index (χ4n) is 1.76. The number of nitrogens with two attached hydrogens (primary N) is 1. The van der Waals surface area contributed by atoms with Gasteiger partial charge in [0.1, 0.15) is 6.54 Å². The van der Waals surface area contributed by atoms with Crippen molar-refractivity contribution < 1.29 is 4.79 Å². The van der Waals surface area contributed by atoms with Crippen LogP contribution in [0.25, 0.3) is 0 Å². The number of nitrogens with one attached hydrogen (secondary N) is 1. The molecule has 0 fully saturated rings. The Bertz CT molecular complexity index is 638. The van der Waals surface area contributed by atoms with E-state index in [2.05, 4.69) is 15.5 Å². The number of thioether (sulfide) groups is 1. The van der Waals surface area contributed by atoms with E-state index in [-0.39, 0.29) is 18.4 Å². The molecule has 0 bridgehead atoms. The number of nitrogen functional groups attached to an aromatic ring is 1. The Balaban J connectivity index is 2.09. The highest BCUT2D eigenvalue weighted by atomic mass is 32.2. The molecular weight excluding hydrogens is 274 g/mol. The lowest BCUT2D eigenvalue weighted by molar-refractivity contribution is -0.116. The maximum atomic E-state index is 12.0.